The first kappa shape index (κ1) is 18.1. The number of nitrogens with zero attached hydrogens (tertiary/aromatic N) is 3. The Balaban J connectivity index is 2.20. The molecule has 0 bridgehead atoms. The lowest BCUT2D eigenvalue weighted by Gasteiger charge is -2.07. The smallest absolute Gasteiger partial charge is 0.341 e. The largest absolute Gasteiger partial charge is 0.481 e. The van der Waals surface area contributed by atoms with Gasteiger partial charge >= 0.3 is 5.97 Å². The molecule has 2 aromatic rings. The fourth-order valence-corrected chi connectivity index (χ4v) is 2.46. The molecule has 1 amide bonds. The van der Waals surface area contributed by atoms with E-state index in [1.807, 2.05) is 13.0 Å². The van der Waals surface area contributed by atoms with Crippen LogP contribution in [0.2, 0.25) is 0 Å². The Morgan fingerprint density at radius 1 is 1.40 bits per heavy atom. The summed E-state index contributed by atoms with van der Waals surface area (Å²) in [4.78, 5) is 22.9. The van der Waals surface area contributed by atoms with Gasteiger partial charge in [0.05, 0.1) is 0 Å². The average Bonchev–Trinajstić information content (AvgIpc) is 3.06. The van der Waals surface area contributed by atoms with E-state index in [2.05, 4.69) is 15.5 Å². The number of carboxylic acids is 1. The van der Waals surface area contributed by atoms with Crippen molar-refractivity contribution >= 4 is 34.4 Å². The Labute approximate surface area is 147 Å². The maximum Gasteiger partial charge on any atom is 0.341 e. The van der Waals surface area contributed by atoms with Crippen molar-refractivity contribution < 1.29 is 19.4 Å². The Kier molecular flexibility index (Phi) is 6.20. The van der Waals surface area contributed by atoms with Gasteiger partial charge in [-0.1, -0.05) is 36.5 Å². The topological polar surface area (TPSA) is 125 Å². The van der Waals surface area contributed by atoms with Crippen LogP contribution in [0.25, 0.3) is 6.08 Å². The SMILES string of the molecule is CCc1nnc(NC(=O)C(C#N)=Cc2ccccc2OCC(=O)O)s1. The molecule has 0 aliphatic heterocycles. The van der Waals surface area contributed by atoms with Gasteiger partial charge in [-0.2, -0.15) is 5.26 Å². The van der Waals surface area contributed by atoms with Crippen molar-refractivity contribution in [2.45, 2.75) is 13.3 Å². The summed E-state index contributed by atoms with van der Waals surface area (Å²) >= 11 is 1.23. The van der Waals surface area contributed by atoms with Gasteiger partial charge in [0.2, 0.25) is 5.13 Å². The number of amides is 1. The molecule has 8 nitrogen and oxygen atoms in total. The van der Waals surface area contributed by atoms with E-state index in [9.17, 15) is 14.9 Å². The molecular weight excluding hydrogens is 344 g/mol. The number of hydrogen-bond donors (Lipinski definition) is 2. The minimum absolute atomic E-state index is 0.167. The van der Waals surface area contributed by atoms with Crippen LogP contribution in [0.4, 0.5) is 5.13 Å². The number of aliphatic carboxylic acids is 1. The first-order chi connectivity index (χ1) is 12.0. The number of nitriles is 1. The van der Waals surface area contributed by atoms with Crippen molar-refractivity contribution in [1.29, 1.82) is 5.26 Å². The van der Waals surface area contributed by atoms with Crippen LogP contribution in [0.5, 0.6) is 5.75 Å². The molecule has 0 fully saturated rings. The zero-order chi connectivity index (χ0) is 18.2. The number of carboxylic acid groups (broad SMARTS) is 1. The molecule has 128 valence electrons. The number of nitrogens with one attached hydrogen (secondary N) is 1. The fourth-order valence-electron chi connectivity index (χ4n) is 1.79. The first-order valence-corrected chi connectivity index (χ1v) is 8.04. The predicted octanol–water partition coefficient (Wildman–Crippen LogP) is 2.11. The van der Waals surface area contributed by atoms with E-state index in [0.717, 1.165) is 5.01 Å². The average molecular weight is 358 g/mol. The summed E-state index contributed by atoms with van der Waals surface area (Å²) in [7, 11) is 0. The van der Waals surface area contributed by atoms with Crippen molar-refractivity contribution in [3.8, 4) is 11.8 Å². The zero-order valence-electron chi connectivity index (χ0n) is 13.2. The highest BCUT2D eigenvalue weighted by Crippen LogP contribution is 2.22. The number of para-hydroxylation sites is 1. The molecule has 1 aromatic carbocycles. The molecule has 0 saturated carbocycles. The lowest BCUT2D eigenvalue weighted by molar-refractivity contribution is -0.139. The van der Waals surface area contributed by atoms with Crippen LogP contribution in [-0.4, -0.2) is 33.8 Å². The molecule has 0 aliphatic carbocycles. The maximum atomic E-state index is 12.2. The number of anilines is 1. The summed E-state index contributed by atoms with van der Waals surface area (Å²) in [6, 6.07) is 8.33. The number of aryl methyl sites for hydroxylation is 1. The highest BCUT2D eigenvalue weighted by molar-refractivity contribution is 7.15. The second kappa shape index (κ2) is 8.56. The Bertz CT molecular complexity index is 854. The predicted molar refractivity (Wildman–Crippen MR) is 91.1 cm³/mol. The van der Waals surface area contributed by atoms with Gasteiger partial charge < -0.3 is 9.84 Å². The molecule has 0 unspecified atom stereocenters. The second-order valence-corrected chi connectivity index (χ2v) is 5.76. The number of carbonyl (C=O) groups excluding carboxylic acids is 1. The van der Waals surface area contributed by atoms with Gasteiger partial charge in [-0.25, -0.2) is 4.79 Å². The zero-order valence-corrected chi connectivity index (χ0v) is 14.0. The molecule has 2 N–H and O–H groups in total. The van der Waals surface area contributed by atoms with Crippen LogP contribution in [0.1, 0.15) is 17.5 Å². The van der Waals surface area contributed by atoms with Gasteiger partial charge in [0.1, 0.15) is 22.4 Å². The highest BCUT2D eigenvalue weighted by atomic mass is 32.1. The molecule has 1 aromatic heterocycles. The molecule has 1 heterocycles. The number of ether oxygens (including phenoxy) is 1. The van der Waals surface area contributed by atoms with Crippen molar-refractivity contribution in [2.75, 3.05) is 11.9 Å². The third kappa shape index (κ3) is 5.12. The summed E-state index contributed by atoms with van der Waals surface area (Å²) in [5.74, 6) is -1.50. The van der Waals surface area contributed by atoms with Crippen LogP contribution >= 0.6 is 11.3 Å². The summed E-state index contributed by atoms with van der Waals surface area (Å²) in [5, 5.41) is 29.3. The van der Waals surface area contributed by atoms with Gasteiger partial charge in [-0.3, -0.25) is 10.1 Å². The van der Waals surface area contributed by atoms with E-state index >= 15 is 0 Å². The molecule has 0 spiro atoms. The third-order valence-corrected chi connectivity index (χ3v) is 3.91. The first-order valence-electron chi connectivity index (χ1n) is 7.22. The molecule has 9 heteroatoms. The second-order valence-electron chi connectivity index (χ2n) is 4.70. The van der Waals surface area contributed by atoms with E-state index in [1.54, 1.807) is 24.3 Å². The van der Waals surface area contributed by atoms with Crippen LogP contribution in [0, 0.1) is 11.3 Å². The van der Waals surface area contributed by atoms with E-state index in [1.165, 1.54) is 17.4 Å². The molecule has 0 saturated heterocycles. The van der Waals surface area contributed by atoms with E-state index in [4.69, 9.17) is 9.84 Å². The summed E-state index contributed by atoms with van der Waals surface area (Å²) < 4.78 is 5.15. The van der Waals surface area contributed by atoms with E-state index in [-0.39, 0.29) is 11.3 Å². The van der Waals surface area contributed by atoms with Gasteiger partial charge in [0.25, 0.3) is 5.91 Å². The van der Waals surface area contributed by atoms with Crippen LogP contribution in [0.15, 0.2) is 29.8 Å². The summed E-state index contributed by atoms with van der Waals surface area (Å²) in [6.07, 6.45) is 2.02. The lowest BCUT2D eigenvalue weighted by atomic mass is 10.1. The Morgan fingerprint density at radius 2 is 2.16 bits per heavy atom. The molecular formula is C16H14N4O4S. The van der Waals surface area contributed by atoms with Gasteiger partial charge in [-0.15, -0.1) is 10.2 Å². The minimum Gasteiger partial charge on any atom is -0.481 e. The van der Waals surface area contributed by atoms with Crippen molar-refractivity contribution in [3.63, 3.8) is 0 Å². The standard InChI is InChI=1S/C16H14N4O4S/c1-2-13-19-20-16(25-13)18-15(23)11(8-17)7-10-5-3-4-6-12(10)24-9-14(21)22/h3-7H,2,9H2,1H3,(H,21,22)(H,18,20,23). The summed E-state index contributed by atoms with van der Waals surface area (Å²) in [6.45, 7) is 1.39. The number of benzene rings is 1. The van der Waals surface area contributed by atoms with Crippen LogP contribution in [0.3, 0.4) is 0 Å². The third-order valence-electron chi connectivity index (χ3n) is 2.92. The Hall–Kier alpha value is -3.25. The number of hydrogen-bond acceptors (Lipinski definition) is 7. The van der Waals surface area contributed by atoms with E-state index in [0.29, 0.717) is 17.1 Å². The fraction of sp³-hybridized carbons (Fsp3) is 0.188. The van der Waals surface area contributed by atoms with Crippen molar-refractivity contribution in [1.82, 2.24) is 10.2 Å². The number of rotatable bonds is 7. The molecule has 25 heavy (non-hydrogen) atoms. The van der Waals surface area contributed by atoms with Gasteiger partial charge in [0, 0.05) is 5.56 Å². The maximum absolute atomic E-state index is 12.2. The monoisotopic (exact) mass is 358 g/mol. The highest BCUT2D eigenvalue weighted by Gasteiger charge is 2.14. The van der Waals surface area contributed by atoms with Crippen LogP contribution in [-0.2, 0) is 16.0 Å². The van der Waals surface area contributed by atoms with Gasteiger partial charge in [-0.05, 0) is 18.6 Å². The minimum atomic E-state index is -1.12. The van der Waals surface area contributed by atoms with Gasteiger partial charge in [0.15, 0.2) is 6.61 Å². The molecule has 0 aliphatic rings. The normalized spacial score (nSPS) is 10.8. The lowest BCUT2D eigenvalue weighted by Crippen LogP contribution is -2.13. The van der Waals surface area contributed by atoms with Crippen molar-refractivity contribution in [3.05, 3.63) is 40.4 Å². The van der Waals surface area contributed by atoms with Crippen LogP contribution < -0.4 is 10.1 Å². The molecule has 2 rings (SSSR count). The number of carbonyl (C=O) groups is 2. The quantitative estimate of drug-likeness (QED) is 0.573. The molecule has 0 atom stereocenters. The summed E-state index contributed by atoms with van der Waals surface area (Å²) in [5.41, 5.74) is 0.251. The molecule has 0 radical (unpaired) electrons. The van der Waals surface area contributed by atoms with Crippen molar-refractivity contribution in [2.24, 2.45) is 0 Å². The Morgan fingerprint density at radius 3 is 2.80 bits per heavy atom. The number of aromatic nitrogens is 2. The van der Waals surface area contributed by atoms with E-state index < -0.39 is 18.5 Å².